The van der Waals surface area contributed by atoms with Crippen molar-refractivity contribution < 1.29 is 9.90 Å². The predicted molar refractivity (Wildman–Crippen MR) is 62.4 cm³/mol. The highest BCUT2D eigenvalue weighted by Gasteiger charge is 2.43. The average molecular weight is 237 g/mol. The minimum Gasteiger partial charge on any atom is -0.393 e. The fraction of sp³-hybridized carbons (Fsp3) is 0.583. The zero-order valence-electron chi connectivity index (χ0n) is 9.00. The molecule has 0 bridgehead atoms. The van der Waals surface area contributed by atoms with E-state index in [1.54, 1.807) is 11.3 Å². The largest absolute Gasteiger partial charge is 0.393 e. The van der Waals surface area contributed by atoms with Crippen molar-refractivity contribution in [1.82, 2.24) is 4.90 Å². The van der Waals surface area contributed by atoms with E-state index >= 15 is 0 Å². The third-order valence-electron chi connectivity index (χ3n) is 3.87. The molecule has 1 amide bonds. The maximum Gasteiger partial charge on any atom is 0.254 e. The Morgan fingerprint density at radius 3 is 3.00 bits per heavy atom. The lowest BCUT2D eigenvalue weighted by Crippen LogP contribution is -2.30. The number of hydrogen-bond acceptors (Lipinski definition) is 3. The van der Waals surface area contributed by atoms with E-state index in [1.807, 2.05) is 21.7 Å². The fourth-order valence-corrected chi connectivity index (χ4v) is 3.60. The number of aliphatic hydroxyl groups is 1. The Labute approximate surface area is 98.7 Å². The normalized spacial score (nSPS) is 33.1. The first-order chi connectivity index (χ1) is 7.75. The summed E-state index contributed by atoms with van der Waals surface area (Å²) < 4.78 is 0. The van der Waals surface area contributed by atoms with Gasteiger partial charge in [-0.15, -0.1) is 0 Å². The van der Waals surface area contributed by atoms with E-state index in [-0.39, 0.29) is 12.0 Å². The number of carbonyl (C=O) groups is 1. The van der Waals surface area contributed by atoms with Crippen LogP contribution in [0.2, 0.25) is 0 Å². The number of rotatable bonds is 1. The van der Waals surface area contributed by atoms with Gasteiger partial charge in [-0.25, -0.2) is 0 Å². The Morgan fingerprint density at radius 1 is 1.44 bits per heavy atom. The van der Waals surface area contributed by atoms with E-state index in [9.17, 15) is 9.90 Å². The van der Waals surface area contributed by atoms with Gasteiger partial charge in [0.2, 0.25) is 0 Å². The molecule has 2 aliphatic rings. The van der Waals surface area contributed by atoms with E-state index in [4.69, 9.17) is 0 Å². The van der Waals surface area contributed by atoms with Gasteiger partial charge < -0.3 is 10.0 Å². The molecular formula is C12H15NO2S. The van der Waals surface area contributed by atoms with Crippen LogP contribution in [-0.4, -0.2) is 35.1 Å². The molecule has 2 fully saturated rings. The Balaban J connectivity index is 1.73. The number of hydrogen-bond donors (Lipinski definition) is 1. The number of likely N-dealkylation sites (tertiary alicyclic amines) is 1. The highest BCUT2D eigenvalue weighted by atomic mass is 32.1. The highest BCUT2D eigenvalue weighted by molar-refractivity contribution is 7.08. The number of amides is 1. The number of fused-ring (bicyclic) bond motifs is 1. The number of carbonyl (C=O) groups excluding carboxylic acids is 1. The lowest BCUT2D eigenvalue weighted by atomic mass is 10.00. The van der Waals surface area contributed by atoms with E-state index in [0.29, 0.717) is 11.8 Å². The molecule has 3 rings (SSSR count). The first-order valence-corrected chi connectivity index (χ1v) is 6.69. The SMILES string of the molecule is O=C(c1ccsc1)N1CC2CCC(O)C2C1. The summed E-state index contributed by atoms with van der Waals surface area (Å²) in [4.78, 5) is 14.0. The minimum atomic E-state index is -0.190. The molecule has 1 saturated carbocycles. The molecule has 2 heterocycles. The van der Waals surface area contributed by atoms with Gasteiger partial charge in [0.15, 0.2) is 0 Å². The quantitative estimate of drug-likeness (QED) is 0.806. The molecule has 1 aliphatic heterocycles. The van der Waals surface area contributed by atoms with Gasteiger partial charge in [-0.2, -0.15) is 11.3 Å². The molecule has 0 spiro atoms. The number of aliphatic hydroxyl groups excluding tert-OH is 1. The van der Waals surface area contributed by atoms with Crippen molar-refractivity contribution in [3.05, 3.63) is 22.4 Å². The first kappa shape index (κ1) is 10.3. The van der Waals surface area contributed by atoms with E-state index in [2.05, 4.69) is 0 Å². The predicted octanol–water partition coefficient (Wildman–Crippen LogP) is 1.59. The summed E-state index contributed by atoms with van der Waals surface area (Å²) >= 11 is 1.55. The van der Waals surface area contributed by atoms with Crippen molar-refractivity contribution in [2.45, 2.75) is 18.9 Å². The van der Waals surface area contributed by atoms with Crippen molar-refractivity contribution in [2.75, 3.05) is 13.1 Å². The van der Waals surface area contributed by atoms with Gasteiger partial charge in [0.05, 0.1) is 11.7 Å². The molecule has 16 heavy (non-hydrogen) atoms. The molecule has 3 atom stereocenters. The van der Waals surface area contributed by atoms with E-state index in [0.717, 1.165) is 31.5 Å². The molecule has 1 aliphatic carbocycles. The smallest absolute Gasteiger partial charge is 0.254 e. The van der Waals surface area contributed by atoms with E-state index in [1.165, 1.54) is 0 Å². The Hall–Kier alpha value is -0.870. The van der Waals surface area contributed by atoms with Gasteiger partial charge >= 0.3 is 0 Å². The van der Waals surface area contributed by atoms with Gasteiger partial charge in [0.1, 0.15) is 0 Å². The molecule has 86 valence electrons. The maximum absolute atomic E-state index is 12.1. The van der Waals surface area contributed by atoms with Crippen molar-refractivity contribution in [3.63, 3.8) is 0 Å². The van der Waals surface area contributed by atoms with Crippen LogP contribution in [0.4, 0.5) is 0 Å². The van der Waals surface area contributed by atoms with Crippen LogP contribution in [0.15, 0.2) is 16.8 Å². The molecule has 4 heteroatoms. The number of nitrogens with zero attached hydrogens (tertiary/aromatic N) is 1. The van der Waals surface area contributed by atoms with Crippen molar-refractivity contribution in [2.24, 2.45) is 11.8 Å². The summed E-state index contributed by atoms with van der Waals surface area (Å²) in [5.74, 6) is 0.975. The molecule has 1 N–H and O–H groups in total. The average Bonchev–Trinajstić information content (AvgIpc) is 2.96. The van der Waals surface area contributed by atoms with Crippen molar-refractivity contribution in [3.8, 4) is 0 Å². The second-order valence-corrected chi connectivity index (χ2v) is 5.57. The maximum atomic E-state index is 12.1. The van der Waals surface area contributed by atoms with Crippen LogP contribution in [0, 0.1) is 11.8 Å². The summed E-state index contributed by atoms with van der Waals surface area (Å²) in [5, 5.41) is 13.6. The molecule has 3 nitrogen and oxygen atoms in total. The van der Waals surface area contributed by atoms with Crippen LogP contribution in [0.1, 0.15) is 23.2 Å². The lowest BCUT2D eigenvalue weighted by molar-refractivity contribution is 0.0753. The van der Waals surface area contributed by atoms with E-state index < -0.39 is 0 Å². The van der Waals surface area contributed by atoms with Crippen LogP contribution >= 0.6 is 11.3 Å². The molecule has 3 unspecified atom stereocenters. The van der Waals surface area contributed by atoms with Gasteiger partial charge in [-0.05, 0) is 30.2 Å². The molecule has 0 radical (unpaired) electrons. The second-order valence-electron chi connectivity index (χ2n) is 4.79. The highest BCUT2D eigenvalue weighted by Crippen LogP contribution is 2.38. The third-order valence-corrected chi connectivity index (χ3v) is 4.56. The monoisotopic (exact) mass is 237 g/mol. The Bertz CT molecular complexity index is 390. The topological polar surface area (TPSA) is 40.5 Å². The summed E-state index contributed by atoms with van der Waals surface area (Å²) in [5.41, 5.74) is 0.791. The van der Waals surface area contributed by atoms with Crippen molar-refractivity contribution >= 4 is 17.2 Å². The zero-order valence-corrected chi connectivity index (χ0v) is 9.82. The lowest BCUT2D eigenvalue weighted by Gasteiger charge is -2.17. The first-order valence-electron chi connectivity index (χ1n) is 5.75. The molecule has 0 aromatic carbocycles. The summed E-state index contributed by atoms with van der Waals surface area (Å²) in [6, 6.07) is 1.87. The minimum absolute atomic E-state index is 0.128. The zero-order chi connectivity index (χ0) is 11.1. The van der Waals surface area contributed by atoms with Gasteiger partial charge in [-0.3, -0.25) is 4.79 Å². The summed E-state index contributed by atoms with van der Waals surface area (Å²) in [7, 11) is 0. The van der Waals surface area contributed by atoms with Gasteiger partial charge in [-0.1, -0.05) is 0 Å². The van der Waals surface area contributed by atoms with Gasteiger partial charge in [0.25, 0.3) is 5.91 Å². The summed E-state index contributed by atoms with van der Waals surface area (Å²) in [6.45, 7) is 1.57. The molecule has 1 aromatic heterocycles. The molecule has 1 saturated heterocycles. The van der Waals surface area contributed by atoms with Crippen LogP contribution in [-0.2, 0) is 0 Å². The van der Waals surface area contributed by atoms with Crippen LogP contribution in [0.25, 0.3) is 0 Å². The fourth-order valence-electron chi connectivity index (χ4n) is 2.97. The number of thiophene rings is 1. The Kier molecular flexibility index (Phi) is 2.48. The van der Waals surface area contributed by atoms with Crippen LogP contribution < -0.4 is 0 Å². The van der Waals surface area contributed by atoms with Crippen LogP contribution in [0.3, 0.4) is 0 Å². The third kappa shape index (κ3) is 1.57. The second kappa shape index (κ2) is 3.86. The standard InChI is InChI=1S/C12H15NO2S/c14-11-2-1-8-5-13(6-10(8)11)12(15)9-3-4-16-7-9/h3-4,7-8,10-11,14H,1-2,5-6H2. The van der Waals surface area contributed by atoms with Crippen molar-refractivity contribution in [1.29, 1.82) is 0 Å². The molecular weight excluding hydrogens is 222 g/mol. The molecule has 1 aromatic rings. The Morgan fingerprint density at radius 2 is 2.31 bits per heavy atom. The summed E-state index contributed by atoms with van der Waals surface area (Å²) in [6.07, 6.45) is 1.79. The van der Waals surface area contributed by atoms with Gasteiger partial charge in [0, 0.05) is 24.4 Å². The van der Waals surface area contributed by atoms with Crippen LogP contribution in [0.5, 0.6) is 0 Å².